The Hall–Kier alpha value is -3.91. The SMILES string of the molecule is O=C(NNC1c2ccccc2C=NN1C(=O)c1ccncc1)c1ccncc1. The van der Waals surface area contributed by atoms with Gasteiger partial charge in [-0.1, -0.05) is 24.3 Å². The van der Waals surface area contributed by atoms with E-state index in [-0.39, 0.29) is 11.8 Å². The number of hydrazine groups is 1. The predicted molar refractivity (Wildman–Crippen MR) is 102 cm³/mol. The van der Waals surface area contributed by atoms with Gasteiger partial charge in [-0.25, -0.2) is 10.4 Å². The molecule has 0 saturated carbocycles. The molecule has 2 amide bonds. The number of carbonyl (C=O) groups excluding carboxylic acids is 2. The quantitative estimate of drug-likeness (QED) is 0.682. The molecule has 0 spiro atoms. The van der Waals surface area contributed by atoms with Gasteiger partial charge in [-0.2, -0.15) is 5.10 Å². The molecule has 3 heterocycles. The average molecular weight is 372 g/mol. The normalized spacial score (nSPS) is 15.0. The lowest BCUT2D eigenvalue weighted by atomic mass is 10.0. The Morgan fingerprint density at radius 3 is 2.21 bits per heavy atom. The van der Waals surface area contributed by atoms with Crippen LogP contribution in [0.2, 0.25) is 0 Å². The lowest BCUT2D eigenvalue weighted by Gasteiger charge is -2.32. The third-order valence-corrected chi connectivity index (χ3v) is 4.26. The fourth-order valence-corrected chi connectivity index (χ4v) is 2.85. The van der Waals surface area contributed by atoms with E-state index < -0.39 is 6.17 Å². The number of hydrogen-bond donors (Lipinski definition) is 2. The van der Waals surface area contributed by atoms with Gasteiger partial charge in [0.15, 0.2) is 0 Å². The van der Waals surface area contributed by atoms with Crippen molar-refractivity contribution in [3.8, 4) is 0 Å². The van der Waals surface area contributed by atoms with Crippen LogP contribution in [0.4, 0.5) is 0 Å². The highest BCUT2D eigenvalue weighted by Crippen LogP contribution is 2.26. The first-order valence-corrected chi connectivity index (χ1v) is 8.56. The van der Waals surface area contributed by atoms with E-state index in [9.17, 15) is 9.59 Å². The first-order chi connectivity index (χ1) is 13.7. The van der Waals surface area contributed by atoms with E-state index in [1.807, 2.05) is 24.3 Å². The third kappa shape index (κ3) is 3.49. The van der Waals surface area contributed by atoms with E-state index in [1.165, 1.54) is 17.4 Å². The Kier molecular flexibility index (Phi) is 4.85. The summed E-state index contributed by atoms with van der Waals surface area (Å²) in [5.74, 6) is -0.658. The minimum Gasteiger partial charge on any atom is -0.285 e. The minimum absolute atomic E-state index is 0.316. The lowest BCUT2D eigenvalue weighted by molar-refractivity contribution is 0.0600. The summed E-state index contributed by atoms with van der Waals surface area (Å²) < 4.78 is 0. The molecule has 1 unspecified atom stereocenters. The molecule has 0 radical (unpaired) electrons. The maximum atomic E-state index is 13.0. The molecule has 1 aliphatic heterocycles. The fourth-order valence-electron chi connectivity index (χ4n) is 2.85. The molecule has 1 aromatic carbocycles. The molecule has 8 heteroatoms. The summed E-state index contributed by atoms with van der Waals surface area (Å²) in [6, 6.07) is 14.0. The van der Waals surface area contributed by atoms with E-state index in [2.05, 4.69) is 25.9 Å². The maximum Gasteiger partial charge on any atom is 0.275 e. The van der Waals surface area contributed by atoms with Gasteiger partial charge < -0.3 is 0 Å². The molecule has 1 atom stereocenters. The minimum atomic E-state index is -0.673. The Morgan fingerprint density at radius 1 is 0.857 bits per heavy atom. The fraction of sp³-hybridized carbons (Fsp3) is 0.0500. The van der Waals surface area contributed by atoms with Crippen LogP contribution in [-0.2, 0) is 0 Å². The molecule has 4 rings (SSSR count). The maximum absolute atomic E-state index is 13.0. The van der Waals surface area contributed by atoms with Gasteiger partial charge in [0.1, 0.15) is 6.17 Å². The Labute approximate surface area is 160 Å². The van der Waals surface area contributed by atoms with Crippen LogP contribution in [0.25, 0.3) is 0 Å². The van der Waals surface area contributed by atoms with Gasteiger partial charge in [0, 0.05) is 47.0 Å². The van der Waals surface area contributed by atoms with E-state index >= 15 is 0 Å². The van der Waals surface area contributed by atoms with Gasteiger partial charge >= 0.3 is 0 Å². The Balaban J connectivity index is 1.61. The van der Waals surface area contributed by atoms with Crippen molar-refractivity contribution in [3.63, 3.8) is 0 Å². The van der Waals surface area contributed by atoms with Gasteiger partial charge in [-0.15, -0.1) is 0 Å². The summed E-state index contributed by atoms with van der Waals surface area (Å²) in [5, 5.41) is 5.59. The highest BCUT2D eigenvalue weighted by molar-refractivity contribution is 5.96. The zero-order chi connectivity index (χ0) is 19.3. The predicted octanol–water partition coefficient (Wildman–Crippen LogP) is 1.90. The molecular formula is C20H16N6O2. The second-order valence-electron chi connectivity index (χ2n) is 6.00. The standard InChI is InChI=1S/C20H16N6O2/c27-19(14-5-9-21-10-6-14)25-24-18-17-4-2-1-3-16(17)13-23-26(18)20(28)15-7-11-22-12-8-15/h1-13,18,24H,(H,25,27). The van der Waals surface area contributed by atoms with Crippen molar-refractivity contribution in [2.24, 2.45) is 5.10 Å². The van der Waals surface area contributed by atoms with Crippen molar-refractivity contribution in [1.82, 2.24) is 25.8 Å². The zero-order valence-corrected chi connectivity index (χ0v) is 14.7. The topological polar surface area (TPSA) is 99.6 Å². The number of rotatable bonds is 4. The Bertz CT molecular complexity index is 1020. The number of carbonyl (C=O) groups is 2. The molecule has 0 aliphatic carbocycles. The molecule has 0 saturated heterocycles. The Morgan fingerprint density at radius 2 is 1.50 bits per heavy atom. The number of benzene rings is 1. The molecule has 0 bridgehead atoms. The van der Waals surface area contributed by atoms with Crippen molar-refractivity contribution in [2.75, 3.05) is 0 Å². The number of nitrogens with one attached hydrogen (secondary N) is 2. The van der Waals surface area contributed by atoms with Crippen LogP contribution in [0.15, 0.2) is 78.4 Å². The zero-order valence-electron chi connectivity index (χ0n) is 14.7. The van der Waals surface area contributed by atoms with Crippen LogP contribution in [0.1, 0.15) is 38.0 Å². The summed E-state index contributed by atoms with van der Waals surface area (Å²) in [6.07, 6.45) is 7.11. The lowest BCUT2D eigenvalue weighted by Crippen LogP contribution is -2.49. The van der Waals surface area contributed by atoms with Crippen LogP contribution in [-0.4, -0.2) is 33.0 Å². The molecular weight excluding hydrogens is 356 g/mol. The molecule has 0 fully saturated rings. The van der Waals surface area contributed by atoms with E-state index in [0.29, 0.717) is 11.1 Å². The van der Waals surface area contributed by atoms with E-state index in [0.717, 1.165) is 11.1 Å². The number of fused-ring (bicyclic) bond motifs is 1. The van der Waals surface area contributed by atoms with Crippen molar-refractivity contribution >= 4 is 18.0 Å². The highest BCUT2D eigenvalue weighted by Gasteiger charge is 2.30. The van der Waals surface area contributed by atoms with Gasteiger partial charge in [0.05, 0.1) is 6.21 Å². The van der Waals surface area contributed by atoms with E-state index in [1.54, 1.807) is 42.9 Å². The van der Waals surface area contributed by atoms with Crippen LogP contribution in [0.3, 0.4) is 0 Å². The summed E-state index contributed by atoms with van der Waals surface area (Å²) >= 11 is 0. The summed E-state index contributed by atoms with van der Waals surface area (Å²) in [6.45, 7) is 0. The molecule has 2 aromatic heterocycles. The number of aromatic nitrogens is 2. The number of amides is 2. The molecule has 2 N–H and O–H groups in total. The number of pyridine rings is 2. The molecule has 8 nitrogen and oxygen atoms in total. The van der Waals surface area contributed by atoms with Gasteiger partial charge in [0.25, 0.3) is 11.8 Å². The average Bonchev–Trinajstić information content (AvgIpc) is 2.77. The third-order valence-electron chi connectivity index (χ3n) is 4.26. The number of hydrazone groups is 1. The first-order valence-electron chi connectivity index (χ1n) is 8.56. The van der Waals surface area contributed by atoms with Gasteiger partial charge in [-0.05, 0) is 24.3 Å². The van der Waals surface area contributed by atoms with E-state index in [4.69, 9.17) is 0 Å². The second-order valence-corrected chi connectivity index (χ2v) is 6.00. The summed E-state index contributed by atoms with van der Waals surface area (Å²) in [4.78, 5) is 33.2. The van der Waals surface area contributed by atoms with Crippen LogP contribution in [0, 0.1) is 0 Å². The smallest absolute Gasteiger partial charge is 0.275 e. The van der Waals surface area contributed by atoms with Gasteiger partial charge in [-0.3, -0.25) is 25.0 Å². The summed E-state index contributed by atoms with van der Waals surface area (Å²) in [7, 11) is 0. The monoisotopic (exact) mass is 372 g/mol. The first kappa shape index (κ1) is 17.5. The molecule has 138 valence electrons. The number of hydrogen-bond acceptors (Lipinski definition) is 6. The highest BCUT2D eigenvalue weighted by atomic mass is 16.2. The van der Waals surface area contributed by atoms with Crippen molar-refractivity contribution in [3.05, 3.63) is 95.6 Å². The molecule has 1 aliphatic rings. The van der Waals surface area contributed by atoms with Crippen molar-refractivity contribution < 1.29 is 9.59 Å². The van der Waals surface area contributed by atoms with Crippen molar-refractivity contribution in [1.29, 1.82) is 0 Å². The van der Waals surface area contributed by atoms with Crippen LogP contribution in [0.5, 0.6) is 0 Å². The van der Waals surface area contributed by atoms with Crippen LogP contribution >= 0.6 is 0 Å². The largest absolute Gasteiger partial charge is 0.285 e. The molecule has 3 aromatic rings. The van der Waals surface area contributed by atoms with Crippen molar-refractivity contribution in [2.45, 2.75) is 6.17 Å². The number of nitrogens with zero attached hydrogens (tertiary/aromatic N) is 4. The van der Waals surface area contributed by atoms with Gasteiger partial charge in [0.2, 0.25) is 0 Å². The summed E-state index contributed by atoms with van der Waals surface area (Å²) in [5.41, 5.74) is 8.14. The second kappa shape index (κ2) is 7.77. The van der Waals surface area contributed by atoms with Crippen LogP contribution < -0.4 is 10.9 Å². The molecule has 28 heavy (non-hydrogen) atoms.